The van der Waals surface area contributed by atoms with E-state index in [2.05, 4.69) is 26.0 Å². The van der Waals surface area contributed by atoms with Gasteiger partial charge in [0.2, 0.25) is 0 Å². The molecule has 25 heavy (non-hydrogen) atoms. The maximum absolute atomic E-state index is 10.9. The van der Waals surface area contributed by atoms with Gasteiger partial charge in [-0.25, -0.2) is 0 Å². The molecular weight excluding hydrogens is 316 g/mol. The minimum absolute atomic E-state index is 0.396. The first kappa shape index (κ1) is 18.8. The number of hydrogen-bond acceptors (Lipinski definition) is 4. The summed E-state index contributed by atoms with van der Waals surface area (Å²) in [6.07, 6.45) is 1.91. The van der Waals surface area contributed by atoms with Crippen LogP contribution in [0.3, 0.4) is 0 Å². The monoisotopic (exact) mass is 342 g/mol. The van der Waals surface area contributed by atoms with E-state index in [9.17, 15) is 4.79 Å². The molecule has 4 heteroatoms. The summed E-state index contributed by atoms with van der Waals surface area (Å²) in [5.74, 6) is 2.58. The SMILES string of the molecule is CCOc1cc(C=O)ccc1OCCOc1ccc([C@@H](C)CC)cc1. The summed E-state index contributed by atoms with van der Waals surface area (Å²) in [6, 6.07) is 13.3. The number of ether oxygens (including phenoxy) is 3. The number of rotatable bonds is 10. The summed E-state index contributed by atoms with van der Waals surface area (Å²) in [5, 5.41) is 0. The second-order valence-corrected chi connectivity index (χ2v) is 5.83. The average Bonchev–Trinajstić information content (AvgIpc) is 2.66. The van der Waals surface area contributed by atoms with Crippen molar-refractivity contribution >= 4 is 6.29 Å². The van der Waals surface area contributed by atoms with Crippen LogP contribution >= 0.6 is 0 Å². The minimum Gasteiger partial charge on any atom is -0.490 e. The molecule has 0 saturated carbocycles. The zero-order valence-corrected chi connectivity index (χ0v) is 15.2. The summed E-state index contributed by atoms with van der Waals surface area (Å²) in [4.78, 5) is 10.9. The summed E-state index contributed by atoms with van der Waals surface area (Å²) in [6.45, 7) is 7.64. The Morgan fingerprint density at radius 1 is 0.920 bits per heavy atom. The molecule has 0 saturated heterocycles. The fourth-order valence-corrected chi connectivity index (χ4v) is 2.42. The Kier molecular flexibility index (Phi) is 7.33. The summed E-state index contributed by atoms with van der Waals surface area (Å²) >= 11 is 0. The van der Waals surface area contributed by atoms with Gasteiger partial charge in [-0.05, 0) is 55.2 Å². The van der Waals surface area contributed by atoms with Crippen LogP contribution in [0.15, 0.2) is 42.5 Å². The Morgan fingerprint density at radius 2 is 1.64 bits per heavy atom. The summed E-state index contributed by atoms with van der Waals surface area (Å²) in [5.41, 5.74) is 1.89. The molecule has 0 bridgehead atoms. The van der Waals surface area contributed by atoms with Crippen LogP contribution in [0.4, 0.5) is 0 Å². The lowest BCUT2D eigenvalue weighted by molar-refractivity contribution is 0.112. The van der Waals surface area contributed by atoms with Crippen molar-refractivity contribution < 1.29 is 19.0 Å². The third kappa shape index (κ3) is 5.52. The lowest BCUT2D eigenvalue weighted by Gasteiger charge is -2.13. The molecule has 0 amide bonds. The lowest BCUT2D eigenvalue weighted by atomic mass is 9.99. The van der Waals surface area contributed by atoms with Crippen molar-refractivity contribution in [2.24, 2.45) is 0 Å². The van der Waals surface area contributed by atoms with Crippen molar-refractivity contribution in [3.63, 3.8) is 0 Å². The molecule has 0 aliphatic carbocycles. The lowest BCUT2D eigenvalue weighted by Crippen LogP contribution is -2.10. The highest BCUT2D eigenvalue weighted by Crippen LogP contribution is 2.28. The molecule has 0 aromatic heterocycles. The van der Waals surface area contributed by atoms with E-state index < -0.39 is 0 Å². The van der Waals surface area contributed by atoms with Gasteiger partial charge in [0.25, 0.3) is 0 Å². The van der Waals surface area contributed by atoms with E-state index in [0.717, 1.165) is 18.5 Å². The number of carbonyl (C=O) groups is 1. The van der Waals surface area contributed by atoms with Gasteiger partial charge in [-0.3, -0.25) is 4.79 Å². The van der Waals surface area contributed by atoms with Crippen molar-refractivity contribution in [1.29, 1.82) is 0 Å². The van der Waals surface area contributed by atoms with Crippen LogP contribution in [0, 0.1) is 0 Å². The van der Waals surface area contributed by atoms with Crippen LogP contribution in [0.25, 0.3) is 0 Å². The van der Waals surface area contributed by atoms with Crippen LogP contribution in [0.1, 0.15) is 49.0 Å². The number of carbonyl (C=O) groups excluding carboxylic acids is 1. The van der Waals surface area contributed by atoms with Gasteiger partial charge in [0.15, 0.2) is 11.5 Å². The van der Waals surface area contributed by atoms with Crippen molar-refractivity contribution in [1.82, 2.24) is 0 Å². The van der Waals surface area contributed by atoms with Crippen LogP contribution < -0.4 is 14.2 Å². The van der Waals surface area contributed by atoms with Crippen LogP contribution in [-0.2, 0) is 0 Å². The molecule has 134 valence electrons. The van der Waals surface area contributed by atoms with Gasteiger partial charge in [-0.2, -0.15) is 0 Å². The molecule has 0 unspecified atom stereocenters. The topological polar surface area (TPSA) is 44.8 Å². The molecule has 4 nitrogen and oxygen atoms in total. The summed E-state index contributed by atoms with van der Waals surface area (Å²) in [7, 11) is 0. The average molecular weight is 342 g/mol. The van der Waals surface area contributed by atoms with Crippen molar-refractivity contribution in [3.8, 4) is 17.2 Å². The Balaban J connectivity index is 1.85. The molecule has 2 rings (SSSR count). The molecule has 0 aliphatic heterocycles. The summed E-state index contributed by atoms with van der Waals surface area (Å²) < 4.78 is 17.0. The molecule has 0 fully saturated rings. The van der Waals surface area contributed by atoms with E-state index in [0.29, 0.717) is 42.8 Å². The van der Waals surface area contributed by atoms with Gasteiger partial charge in [-0.15, -0.1) is 0 Å². The first-order valence-electron chi connectivity index (χ1n) is 8.75. The quantitative estimate of drug-likeness (QED) is 0.456. The highest BCUT2D eigenvalue weighted by molar-refractivity contribution is 5.76. The number of aldehydes is 1. The van der Waals surface area contributed by atoms with E-state index in [1.54, 1.807) is 18.2 Å². The van der Waals surface area contributed by atoms with Crippen LogP contribution in [0.2, 0.25) is 0 Å². The fraction of sp³-hybridized carbons (Fsp3) is 0.381. The highest BCUT2D eigenvalue weighted by Gasteiger charge is 2.07. The second-order valence-electron chi connectivity index (χ2n) is 5.83. The van der Waals surface area contributed by atoms with Gasteiger partial charge in [-0.1, -0.05) is 26.0 Å². The molecule has 0 heterocycles. The van der Waals surface area contributed by atoms with E-state index in [-0.39, 0.29) is 0 Å². The standard InChI is InChI=1S/C21H26O4/c1-4-16(3)18-7-9-19(10-8-18)24-12-13-25-20-11-6-17(15-22)14-21(20)23-5-2/h6-11,14-16H,4-5,12-13H2,1-3H3/t16-/m0/s1. The predicted molar refractivity (Wildman–Crippen MR) is 99.1 cm³/mol. The predicted octanol–water partition coefficient (Wildman–Crippen LogP) is 4.87. The van der Waals surface area contributed by atoms with Crippen LogP contribution in [0.5, 0.6) is 17.2 Å². The first-order chi connectivity index (χ1) is 12.2. The maximum atomic E-state index is 10.9. The number of hydrogen-bond donors (Lipinski definition) is 0. The van der Waals surface area contributed by atoms with Gasteiger partial charge in [0.05, 0.1) is 6.61 Å². The van der Waals surface area contributed by atoms with E-state index in [4.69, 9.17) is 14.2 Å². The van der Waals surface area contributed by atoms with E-state index in [1.807, 2.05) is 19.1 Å². The first-order valence-corrected chi connectivity index (χ1v) is 8.75. The maximum Gasteiger partial charge on any atom is 0.161 e. The second kappa shape index (κ2) is 9.72. The Morgan fingerprint density at radius 3 is 2.28 bits per heavy atom. The Bertz CT molecular complexity index is 664. The largest absolute Gasteiger partial charge is 0.490 e. The van der Waals surface area contributed by atoms with Crippen molar-refractivity contribution in [2.75, 3.05) is 19.8 Å². The van der Waals surface area contributed by atoms with E-state index >= 15 is 0 Å². The zero-order chi connectivity index (χ0) is 18.1. The molecule has 2 aromatic rings. The highest BCUT2D eigenvalue weighted by atomic mass is 16.5. The molecule has 0 spiro atoms. The Labute approximate surface area is 149 Å². The molecule has 0 N–H and O–H groups in total. The zero-order valence-electron chi connectivity index (χ0n) is 15.2. The number of benzene rings is 2. The van der Waals surface area contributed by atoms with Crippen molar-refractivity contribution in [3.05, 3.63) is 53.6 Å². The smallest absolute Gasteiger partial charge is 0.161 e. The molecular formula is C21H26O4. The van der Waals surface area contributed by atoms with Gasteiger partial charge in [0, 0.05) is 5.56 Å². The van der Waals surface area contributed by atoms with E-state index in [1.165, 1.54) is 5.56 Å². The third-order valence-electron chi connectivity index (χ3n) is 4.07. The third-order valence-corrected chi connectivity index (χ3v) is 4.07. The Hall–Kier alpha value is -2.49. The van der Waals surface area contributed by atoms with Gasteiger partial charge < -0.3 is 14.2 Å². The van der Waals surface area contributed by atoms with Crippen LogP contribution in [-0.4, -0.2) is 26.1 Å². The molecule has 0 aliphatic rings. The van der Waals surface area contributed by atoms with Crippen molar-refractivity contribution in [2.45, 2.75) is 33.1 Å². The van der Waals surface area contributed by atoms with Gasteiger partial charge >= 0.3 is 0 Å². The van der Waals surface area contributed by atoms with Gasteiger partial charge in [0.1, 0.15) is 25.2 Å². The molecule has 0 radical (unpaired) electrons. The normalized spacial score (nSPS) is 11.6. The minimum atomic E-state index is 0.396. The molecule has 2 aromatic carbocycles. The fourth-order valence-electron chi connectivity index (χ4n) is 2.42. The molecule has 1 atom stereocenters.